The number of para-hydroxylation sites is 1. The van der Waals surface area contributed by atoms with Crippen molar-refractivity contribution in [3.8, 4) is 0 Å². The molecule has 1 heterocycles. The van der Waals surface area contributed by atoms with Crippen LogP contribution in [0.5, 0.6) is 0 Å². The van der Waals surface area contributed by atoms with E-state index in [1.807, 2.05) is 0 Å². The van der Waals surface area contributed by atoms with Crippen LogP contribution in [0.2, 0.25) is 0 Å². The summed E-state index contributed by atoms with van der Waals surface area (Å²) in [4.78, 5) is 4.07. The van der Waals surface area contributed by atoms with Crippen molar-refractivity contribution in [2.45, 2.75) is 11.4 Å². The van der Waals surface area contributed by atoms with E-state index < -0.39 is 10.0 Å². The lowest BCUT2D eigenvalue weighted by molar-refractivity contribution is 0.411. The normalized spacial score (nSPS) is 11.7. The molecule has 7 nitrogen and oxygen atoms in total. The van der Waals surface area contributed by atoms with Crippen LogP contribution in [-0.4, -0.2) is 37.0 Å². The van der Waals surface area contributed by atoms with E-state index in [1.54, 1.807) is 24.3 Å². The Morgan fingerprint density at radius 3 is 2.68 bits per heavy atom. The molecule has 8 heteroatoms. The van der Waals surface area contributed by atoms with Crippen LogP contribution < -0.4 is 5.32 Å². The fourth-order valence-corrected chi connectivity index (χ4v) is 2.54. The summed E-state index contributed by atoms with van der Waals surface area (Å²) in [5.41, 5.74) is 0.501. The van der Waals surface area contributed by atoms with E-state index in [-0.39, 0.29) is 11.4 Å². The summed E-state index contributed by atoms with van der Waals surface area (Å²) in [5, 5.41) is 6.64. The average molecular weight is 282 g/mol. The van der Waals surface area contributed by atoms with Gasteiger partial charge in [-0.2, -0.15) is 4.98 Å². The van der Waals surface area contributed by atoms with E-state index in [1.165, 1.54) is 24.8 Å². The first kappa shape index (κ1) is 13.5. The lowest BCUT2D eigenvalue weighted by Gasteiger charge is -2.15. The zero-order chi connectivity index (χ0) is 13.9. The molecule has 0 aliphatic rings. The Labute approximate surface area is 111 Å². The maximum Gasteiger partial charge on any atom is 0.244 e. The lowest BCUT2D eigenvalue weighted by Crippen LogP contribution is -2.23. The Hall–Kier alpha value is -1.93. The van der Waals surface area contributed by atoms with Crippen molar-refractivity contribution < 1.29 is 12.9 Å². The van der Waals surface area contributed by atoms with E-state index in [0.717, 1.165) is 0 Å². The number of benzene rings is 1. The molecule has 0 bridgehead atoms. The Morgan fingerprint density at radius 2 is 2.05 bits per heavy atom. The van der Waals surface area contributed by atoms with Crippen molar-refractivity contribution in [2.75, 3.05) is 19.4 Å². The SMILES string of the molecule is CN(C)S(=O)(=O)c1ccccc1NCc1ncon1. The molecule has 0 atom stereocenters. The molecule has 1 aromatic heterocycles. The van der Waals surface area contributed by atoms with Crippen molar-refractivity contribution >= 4 is 15.7 Å². The molecule has 0 amide bonds. The van der Waals surface area contributed by atoms with Gasteiger partial charge in [0.15, 0.2) is 5.82 Å². The molecule has 2 aromatic rings. The van der Waals surface area contributed by atoms with E-state index in [9.17, 15) is 8.42 Å². The fraction of sp³-hybridized carbons (Fsp3) is 0.273. The first-order valence-electron chi connectivity index (χ1n) is 5.52. The number of hydrogen-bond acceptors (Lipinski definition) is 6. The number of nitrogens with zero attached hydrogens (tertiary/aromatic N) is 3. The first-order valence-corrected chi connectivity index (χ1v) is 6.96. The molecule has 0 saturated carbocycles. The molecule has 2 rings (SSSR count). The van der Waals surface area contributed by atoms with Crippen LogP contribution in [0.25, 0.3) is 0 Å². The highest BCUT2D eigenvalue weighted by Crippen LogP contribution is 2.23. The molecule has 0 saturated heterocycles. The third-order valence-corrected chi connectivity index (χ3v) is 4.36. The number of hydrogen-bond donors (Lipinski definition) is 1. The highest BCUT2D eigenvalue weighted by molar-refractivity contribution is 7.89. The lowest BCUT2D eigenvalue weighted by atomic mass is 10.3. The molecular weight excluding hydrogens is 268 g/mol. The Balaban J connectivity index is 2.27. The van der Waals surface area contributed by atoms with Crippen molar-refractivity contribution in [3.63, 3.8) is 0 Å². The van der Waals surface area contributed by atoms with Gasteiger partial charge in [0.05, 0.1) is 12.2 Å². The quantitative estimate of drug-likeness (QED) is 0.877. The summed E-state index contributed by atoms with van der Waals surface area (Å²) < 4.78 is 30.1. The zero-order valence-corrected chi connectivity index (χ0v) is 11.4. The molecular formula is C11H14N4O3S. The number of aromatic nitrogens is 2. The van der Waals surface area contributed by atoms with E-state index >= 15 is 0 Å². The van der Waals surface area contributed by atoms with Gasteiger partial charge < -0.3 is 9.84 Å². The minimum absolute atomic E-state index is 0.212. The molecule has 0 spiro atoms. The average Bonchev–Trinajstić information content (AvgIpc) is 2.89. The van der Waals surface area contributed by atoms with Gasteiger partial charge in [0.1, 0.15) is 4.90 Å². The van der Waals surface area contributed by atoms with Gasteiger partial charge in [-0.25, -0.2) is 12.7 Å². The minimum atomic E-state index is -3.49. The second-order valence-electron chi connectivity index (χ2n) is 3.98. The number of sulfonamides is 1. The molecule has 0 aliphatic heterocycles. The second kappa shape index (κ2) is 5.37. The van der Waals surface area contributed by atoms with Gasteiger partial charge in [0, 0.05) is 14.1 Å². The molecule has 0 unspecified atom stereocenters. The van der Waals surface area contributed by atoms with E-state index in [4.69, 9.17) is 0 Å². The molecule has 1 N–H and O–H groups in total. The molecule has 0 radical (unpaired) electrons. The van der Waals surface area contributed by atoms with Crippen LogP contribution in [0.3, 0.4) is 0 Å². The molecule has 0 fully saturated rings. The Kier molecular flexibility index (Phi) is 3.82. The number of anilines is 1. The third kappa shape index (κ3) is 2.91. The summed E-state index contributed by atoms with van der Waals surface area (Å²) in [6.07, 6.45) is 1.22. The monoisotopic (exact) mass is 282 g/mol. The summed E-state index contributed by atoms with van der Waals surface area (Å²) in [6, 6.07) is 6.67. The van der Waals surface area contributed by atoms with Crippen molar-refractivity contribution in [3.05, 3.63) is 36.5 Å². The third-order valence-electron chi connectivity index (χ3n) is 2.49. The first-order chi connectivity index (χ1) is 9.01. The predicted octanol–water partition coefficient (Wildman–Crippen LogP) is 0.932. The summed E-state index contributed by atoms with van der Waals surface area (Å²) in [5.74, 6) is 0.456. The number of rotatable bonds is 5. The smallest absolute Gasteiger partial charge is 0.244 e. The molecule has 0 aliphatic carbocycles. The second-order valence-corrected chi connectivity index (χ2v) is 6.10. The largest absolute Gasteiger partial charge is 0.377 e. The minimum Gasteiger partial charge on any atom is -0.377 e. The van der Waals surface area contributed by atoms with Crippen molar-refractivity contribution in [1.29, 1.82) is 0 Å². The summed E-state index contributed by atoms with van der Waals surface area (Å²) in [7, 11) is -0.509. The predicted molar refractivity (Wildman–Crippen MR) is 68.9 cm³/mol. The van der Waals surface area contributed by atoms with Crippen molar-refractivity contribution in [2.24, 2.45) is 0 Å². The van der Waals surface area contributed by atoms with Gasteiger partial charge in [-0.05, 0) is 12.1 Å². The van der Waals surface area contributed by atoms with Crippen LogP contribution in [-0.2, 0) is 16.6 Å². The maximum atomic E-state index is 12.2. The highest BCUT2D eigenvalue weighted by Gasteiger charge is 2.20. The van der Waals surface area contributed by atoms with Gasteiger partial charge in [-0.3, -0.25) is 0 Å². The number of nitrogens with one attached hydrogen (secondary N) is 1. The van der Waals surface area contributed by atoms with Crippen LogP contribution in [0.1, 0.15) is 5.82 Å². The standard InChI is InChI=1S/C11H14N4O3S/c1-15(2)19(16,17)10-6-4-3-5-9(10)12-7-11-13-8-18-14-11/h3-6,8,12H,7H2,1-2H3. The van der Waals surface area contributed by atoms with Crippen LogP contribution in [0.4, 0.5) is 5.69 Å². The Morgan fingerprint density at radius 1 is 1.32 bits per heavy atom. The highest BCUT2D eigenvalue weighted by atomic mass is 32.2. The van der Waals surface area contributed by atoms with Crippen LogP contribution in [0, 0.1) is 0 Å². The molecule has 19 heavy (non-hydrogen) atoms. The van der Waals surface area contributed by atoms with Gasteiger partial charge in [-0.15, -0.1) is 0 Å². The maximum absolute atomic E-state index is 12.2. The van der Waals surface area contributed by atoms with Gasteiger partial charge in [-0.1, -0.05) is 17.3 Å². The van der Waals surface area contributed by atoms with E-state index in [0.29, 0.717) is 11.5 Å². The summed E-state index contributed by atoms with van der Waals surface area (Å²) >= 11 is 0. The van der Waals surface area contributed by atoms with Gasteiger partial charge >= 0.3 is 0 Å². The fourth-order valence-electron chi connectivity index (χ4n) is 1.48. The topological polar surface area (TPSA) is 88.3 Å². The summed E-state index contributed by atoms with van der Waals surface area (Å²) in [6.45, 7) is 0.288. The zero-order valence-electron chi connectivity index (χ0n) is 10.6. The molecule has 102 valence electrons. The van der Waals surface area contributed by atoms with Gasteiger partial charge in [0.2, 0.25) is 16.4 Å². The van der Waals surface area contributed by atoms with Crippen molar-refractivity contribution in [1.82, 2.24) is 14.4 Å². The Bertz CT molecular complexity index is 638. The van der Waals surface area contributed by atoms with Gasteiger partial charge in [0.25, 0.3) is 0 Å². The van der Waals surface area contributed by atoms with E-state index in [2.05, 4.69) is 20.0 Å². The molecule has 1 aromatic carbocycles. The van der Waals surface area contributed by atoms with Crippen LogP contribution in [0.15, 0.2) is 40.1 Å². The van der Waals surface area contributed by atoms with Crippen LogP contribution >= 0.6 is 0 Å².